The Hall–Kier alpha value is -3.38. The fourth-order valence-electron chi connectivity index (χ4n) is 7.83. The highest BCUT2D eigenvalue weighted by molar-refractivity contribution is 6.37. The quantitative estimate of drug-likeness (QED) is 0.163. The molecule has 4 aliphatic rings. The molecule has 3 aliphatic carbocycles. The van der Waals surface area contributed by atoms with Crippen LogP contribution < -0.4 is 32.3 Å². The second kappa shape index (κ2) is 15.0. The van der Waals surface area contributed by atoms with E-state index in [2.05, 4.69) is 40.4 Å². The summed E-state index contributed by atoms with van der Waals surface area (Å²) in [5.41, 5.74) is 4.45. The zero-order valence-corrected chi connectivity index (χ0v) is 29.9. The number of primary amides is 1. The maximum atomic E-state index is 14.3. The molecule has 0 aromatic heterocycles. The van der Waals surface area contributed by atoms with Gasteiger partial charge in [0.05, 0.1) is 12.1 Å². The number of carbonyl (C=O) groups excluding carboxylic acids is 6. The van der Waals surface area contributed by atoms with Gasteiger partial charge in [-0.2, -0.15) is 0 Å². The van der Waals surface area contributed by atoms with E-state index in [1.165, 1.54) is 6.42 Å². The van der Waals surface area contributed by atoms with Gasteiger partial charge in [-0.1, -0.05) is 87.0 Å². The number of piperidine rings is 1. The van der Waals surface area contributed by atoms with Crippen molar-refractivity contribution < 1.29 is 28.8 Å². The molecule has 0 spiro atoms. The molecule has 0 aromatic carbocycles. The van der Waals surface area contributed by atoms with Gasteiger partial charge in [0.15, 0.2) is 0 Å². The Labute approximate surface area is 285 Å². The summed E-state index contributed by atoms with van der Waals surface area (Å²) < 4.78 is 0. The minimum absolute atomic E-state index is 0.00786. The molecule has 4 rings (SSSR count). The van der Waals surface area contributed by atoms with Crippen molar-refractivity contribution >= 4 is 35.6 Å². The Bertz CT molecular complexity index is 1240. The van der Waals surface area contributed by atoms with Crippen molar-refractivity contribution in [1.82, 2.24) is 31.5 Å². The number of fused-ring (bicyclic) bond motifs is 1. The summed E-state index contributed by atoms with van der Waals surface area (Å²) in [5.74, 6) is -2.60. The molecule has 1 unspecified atom stereocenters. The largest absolute Gasteiger partial charge is 0.363 e. The summed E-state index contributed by atoms with van der Waals surface area (Å²) in [5, 5.41) is 14.5. The molecule has 1 heterocycles. The van der Waals surface area contributed by atoms with Gasteiger partial charge in [-0.15, -0.1) is 0 Å². The van der Waals surface area contributed by atoms with Gasteiger partial charge in [-0.25, -0.2) is 9.59 Å². The van der Waals surface area contributed by atoms with E-state index < -0.39 is 53.2 Å². The molecule has 0 bridgehead atoms. The van der Waals surface area contributed by atoms with E-state index in [0.29, 0.717) is 13.0 Å². The van der Waals surface area contributed by atoms with Gasteiger partial charge < -0.3 is 37.2 Å². The lowest BCUT2D eigenvalue weighted by molar-refractivity contribution is -0.145. The third-order valence-electron chi connectivity index (χ3n) is 11.4. The molecule has 3 saturated carbocycles. The average Bonchev–Trinajstić information content (AvgIpc) is 3.29. The minimum Gasteiger partial charge on any atom is -0.363 e. The van der Waals surface area contributed by atoms with Gasteiger partial charge in [0, 0.05) is 19.1 Å². The van der Waals surface area contributed by atoms with E-state index >= 15 is 0 Å². The first-order chi connectivity index (χ1) is 22.4. The molecule has 4 fully saturated rings. The third kappa shape index (κ3) is 8.80. The lowest BCUT2D eigenvalue weighted by Gasteiger charge is -2.38. The number of amides is 7. The monoisotopic (exact) mass is 673 g/mol. The molecule has 48 heavy (non-hydrogen) atoms. The number of likely N-dealkylation sites (tertiary alicyclic amines) is 1. The third-order valence-corrected chi connectivity index (χ3v) is 11.4. The van der Waals surface area contributed by atoms with Crippen LogP contribution in [0.4, 0.5) is 9.59 Å². The lowest BCUT2D eigenvalue weighted by atomic mass is 9.80. The zero-order valence-electron chi connectivity index (χ0n) is 29.9. The van der Waals surface area contributed by atoms with Crippen molar-refractivity contribution in [3.05, 3.63) is 0 Å². The van der Waals surface area contributed by atoms with Crippen LogP contribution in [0.1, 0.15) is 106 Å². The Kier molecular flexibility index (Phi) is 11.7. The smallest absolute Gasteiger partial charge is 0.315 e. The molecule has 13 nitrogen and oxygen atoms in total. The fourth-order valence-corrected chi connectivity index (χ4v) is 7.83. The highest BCUT2D eigenvalue weighted by Gasteiger charge is 2.70. The van der Waals surface area contributed by atoms with Gasteiger partial charge in [-0.05, 0) is 53.8 Å². The summed E-state index contributed by atoms with van der Waals surface area (Å²) in [6, 6.07) is -3.90. The Balaban J connectivity index is 1.43. The van der Waals surface area contributed by atoms with Gasteiger partial charge in [0.25, 0.3) is 5.91 Å². The number of urea groups is 2. The molecule has 270 valence electrons. The summed E-state index contributed by atoms with van der Waals surface area (Å²) in [6.07, 6.45) is 8.56. The van der Waals surface area contributed by atoms with E-state index in [-0.39, 0.29) is 53.6 Å². The van der Waals surface area contributed by atoms with Gasteiger partial charge >= 0.3 is 12.1 Å². The highest BCUT2D eigenvalue weighted by Crippen LogP contribution is 2.65. The van der Waals surface area contributed by atoms with E-state index in [0.717, 1.165) is 44.9 Å². The summed E-state index contributed by atoms with van der Waals surface area (Å²) >= 11 is 0. The highest BCUT2D eigenvalue weighted by atomic mass is 16.2. The van der Waals surface area contributed by atoms with Crippen molar-refractivity contribution in [1.29, 1.82) is 0 Å². The number of nitrogens with one attached hydrogen (secondary N) is 5. The molecule has 0 radical (unpaired) electrons. The van der Waals surface area contributed by atoms with Gasteiger partial charge in [0.2, 0.25) is 17.6 Å². The van der Waals surface area contributed by atoms with Crippen molar-refractivity contribution in [2.24, 2.45) is 40.2 Å². The van der Waals surface area contributed by atoms with Crippen molar-refractivity contribution in [3.63, 3.8) is 0 Å². The van der Waals surface area contributed by atoms with Gasteiger partial charge in [-0.3, -0.25) is 19.2 Å². The number of hydrogen-bond acceptors (Lipinski definition) is 6. The number of ketones is 1. The van der Waals surface area contributed by atoms with Crippen molar-refractivity contribution in [2.75, 3.05) is 13.1 Å². The minimum atomic E-state index is -1.09. The number of nitrogens with zero attached hydrogens (tertiary/aromatic N) is 1. The van der Waals surface area contributed by atoms with E-state index in [1.54, 1.807) is 4.90 Å². The van der Waals surface area contributed by atoms with Crippen LogP contribution in [0.25, 0.3) is 0 Å². The predicted octanol–water partition coefficient (Wildman–Crippen LogP) is 2.57. The molecule has 1 aliphatic heterocycles. The molecule has 7 N–H and O–H groups in total. The first kappa shape index (κ1) is 37.4. The Morgan fingerprint density at radius 2 is 1.52 bits per heavy atom. The maximum absolute atomic E-state index is 14.3. The van der Waals surface area contributed by atoms with Crippen LogP contribution in [0.3, 0.4) is 0 Å². The molecule has 13 heteroatoms. The topological polar surface area (TPSA) is 192 Å². The van der Waals surface area contributed by atoms with Crippen LogP contribution in [-0.4, -0.2) is 83.8 Å². The Morgan fingerprint density at radius 1 is 0.875 bits per heavy atom. The molecule has 6 atom stereocenters. The normalized spacial score (nSPS) is 25.5. The second-order valence-corrected chi connectivity index (χ2v) is 16.7. The fraction of sp³-hybridized carbons (Fsp3) is 0.829. The van der Waals surface area contributed by atoms with E-state index in [4.69, 9.17) is 5.73 Å². The lowest BCUT2D eigenvalue weighted by Crippen LogP contribution is -2.62. The SMILES string of the molecule is CC(C)[C@H](CNC(=O)NC1CCCCC1)NC(=O)N[C@H](C(=O)N1C[C@H]2[C@@H]([C@H]1C(=O)NC(CC1CCC1)C(=O)C(N)=O)C2(C)C)C(C)(C)C. The van der Waals surface area contributed by atoms with Crippen LogP contribution in [0.5, 0.6) is 0 Å². The van der Waals surface area contributed by atoms with E-state index in [9.17, 15) is 28.8 Å². The van der Waals surface area contributed by atoms with Crippen LogP contribution in [0, 0.1) is 34.5 Å². The first-order valence-electron chi connectivity index (χ1n) is 18.0. The predicted molar refractivity (Wildman–Crippen MR) is 181 cm³/mol. The van der Waals surface area contributed by atoms with Crippen LogP contribution >= 0.6 is 0 Å². The van der Waals surface area contributed by atoms with Crippen LogP contribution in [-0.2, 0) is 19.2 Å². The molecular formula is C35H59N7O6. The summed E-state index contributed by atoms with van der Waals surface area (Å²) in [6.45, 7) is 14.1. The summed E-state index contributed by atoms with van der Waals surface area (Å²) in [4.78, 5) is 80.3. The number of nitrogens with two attached hydrogens (primary N) is 1. The Morgan fingerprint density at radius 3 is 2.06 bits per heavy atom. The molecule has 1 saturated heterocycles. The standard InChI is InChI=1S/C35H59N7O6/c1-19(2)24(17-37-32(47)38-21-14-9-8-10-15-21)40-33(48)41-28(34(3,4)5)31(46)42-18-22-25(35(22,6)7)26(42)30(45)39-23(27(43)29(36)44)16-20-12-11-13-20/h19-26,28H,8-18H2,1-7H3,(H2,36,44)(H,39,45)(H2,37,38,47)(H2,40,41,48)/t22-,23?,24-,25-,26-,28+/m0/s1. The average molecular weight is 674 g/mol. The number of carbonyl (C=O) groups is 6. The summed E-state index contributed by atoms with van der Waals surface area (Å²) in [7, 11) is 0. The first-order valence-corrected chi connectivity index (χ1v) is 18.0. The van der Waals surface area contributed by atoms with Crippen LogP contribution in [0.2, 0.25) is 0 Å². The number of hydrogen-bond donors (Lipinski definition) is 6. The van der Waals surface area contributed by atoms with E-state index in [1.807, 2.05) is 34.6 Å². The van der Waals surface area contributed by atoms with Gasteiger partial charge in [0.1, 0.15) is 12.1 Å². The van der Waals surface area contributed by atoms with Crippen LogP contribution in [0.15, 0.2) is 0 Å². The molecule has 7 amide bonds. The number of rotatable bonds is 13. The van der Waals surface area contributed by atoms with Crippen molar-refractivity contribution in [2.45, 2.75) is 136 Å². The number of Topliss-reactive ketones (excluding diaryl/α,β-unsaturated/α-hetero) is 1. The second-order valence-electron chi connectivity index (χ2n) is 16.7. The molecular weight excluding hydrogens is 614 g/mol. The maximum Gasteiger partial charge on any atom is 0.315 e. The molecule has 0 aromatic rings. The van der Waals surface area contributed by atoms with Crippen molar-refractivity contribution in [3.8, 4) is 0 Å². The zero-order chi connectivity index (χ0) is 35.6.